The topological polar surface area (TPSA) is 49.7 Å². The second kappa shape index (κ2) is 10.5. The molecule has 29 heavy (non-hydrogen) atoms. The molecular formula is C20H21Cl2F3INO2. The van der Waals surface area contributed by atoms with E-state index in [1.165, 1.54) is 6.21 Å². The molecule has 2 unspecified atom stereocenters. The van der Waals surface area contributed by atoms with Crippen molar-refractivity contribution in [2.45, 2.75) is 55.0 Å². The molecule has 1 aliphatic carbocycles. The Morgan fingerprint density at radius 3 is 2.59 bits per heavy atom. The molecule has 0 bridgehead atoms. The van der Waals surface area contributed by atoms with Gasteiger partial charge in [0.2, 0.25) is 0 Å². The van der Waals surface area contributed by atoms with Gasteiger partial charge in [0.1, 0.15) is 5.76 Å². The van der Waals surface area contributed by atoms with Crippen LogP contribution in [0.2, 0.25) is 10.0 Å². The predicted octanol–water partition coefficient (Wildman–Crippen LogP) is 7.34. The highest BCUT2D eigenvalue weighted by atomic mass is 127. The van der Waals surface area contributed by atoms with E-state index in [0.29, 0.717) is 10.5 Å². The average Bonchev–Trinajstić information content (AvgIpc) is 2.60. The third-order valence-electron chi connectivity index (χ3n) is 4.69. The largest absolute Gasteiger partial charge is 0.511 e. The van der Waals surface area contributed by atoms with E-state index in [2.05, 4.69) is 34.5 Å². The number of hydrogen-bond donors (Lipinski definition) is 1. The number of carbonyl (C=O) groups excluding carboxylic acids is 1. The van der Waals surface area contributed by atoms with Crippen molar-refractivity contribution >= 4 is 57.8 Å². The van der Waals surface area contributed by atoms with E-state index in [0.717, 1.165) is 31.4 Å². The van der Waals surface area contributed by atoms with Gasteiger partial charge < -0.3 is 5.11 Å². The Morgan fingerprint density at radius 2 is 2.00 bits per heavy atom. The molecule has 0 saturated carbocycles. The minimum atomic E-state index is -4.65. The number of aliphatic imine (C=N–C) groups is 1. The molecule has 0 aromatic heterocycles. The number of carbonyl (C=O) groups is 1. The van der Waals surface area contributed by atoms with Crippen LogP contribution in [0.1, 0.15) is 56.1 Å². The maximum atomic E-state index is 13.4. The third kappa shape index (κ3) is 6.59. The lowest BCUT2D eigenvalue weighted by Crippen LogP contribution is -2.22. The Balaban J connectivity index is 2.20. The van der Waals surface area contributed by atoms with Crippen LogP contribution >= 0.6 is 45.8 Å². The van der Waals surface area contributed by atoms with Gasteiger partial charge in [0, 0.05) is 35.4 Å². The minimum Gasteiger partial charge on any atom is -0.511 e. The normalized spacial score (nSPS) is 19.3. The number of ketones is 1. The molecule has 0 radical (unpaired) electrons. The molecule has 0 amide bonds. The summed E-state index contributed by atoms with van der Waals surface area (Å²) in [4.78, 5) is 16.7. The zero-order chi connectivity index (χ0) is 21.8. The Hall–Kier alpha value is -0.800. The SMILES string of the molecule is CC(I)CCCCN=CC1=C(O)CC(c2c(C(F)(F)F)ccc(Cl)c2Cl)CC1=O. The Labute approximate surface area is 191 Å². The Bertz CT molecular complexity index is 823. The lowest BCUT2D eigenvalue weighted by atomic mass is 9.81. The smallest absolute Gasteiger partial charge is 0.416 e. The summed E-state index contributed by atoms with van der Waals surface area (Å²) in [6.45, 7) is 2.65. The monoisotopic (exact) mass is 561 g/mol. The number of aliphatic hydroxyl groups is 1. The lowest BCUT2D eigenvalue weighted by Gasteiger charge is -2.26. The molecular weight excluding hydrogens is 541 g/mol. The second-order valence-corrected chi connectivity index (χ2v) is 9.93. The number of hydrogen-bond acceptors (Lipinski definition) is 3. The highest BCUT2D eigenvalue weighted by molar-refractivity contribution is 14.1. The van der Waals surface area contributed by atoms with Crippen LogP contribution in [0.5, 0.6) is 0 Å². The van der Waals surface area contributed by atoms with Crippen molar-refractivity contribution in [1.82, 2.24) is 0 Å². The number of alkyl halides is 4. The number of nitrogens with zero attached hydrogens (tertiary/aromatic N) is 1. The van der Waals surface area contributed by atoms with Crippen molar-refractivity contribution < 1.29 is 23.1 Å². The van der Waals surface area contributed by atoms with Crippen LogP contribution < -0.4 is 0 Å². The first kappa shape index (κ1) is 24.5. The van der Waals surface area contributed by atoms with E-state index in [9.17, 15) is 23.1 Å². The van der Waals surface area contributed by atoms with E-state index in [1.807, 2.05) is 0 Å². The summed E-state index contributed by atoms with van der Waals surface area (Å²) >= 11 is 14.3. The van der Waals surface area contributed by atoms with Gasteiger partial charge in [-0.25, -0.2) is 0 Å². The number of Topliss-reactive ketones (excluding diaryl/α,β-unsaturated/α-hetero) is 1. The highest BCUT2D eigenvalue weighted by Crippen LogP contribution is 2.45. The van der Waals surface area contributed by atoms with Crippen LogP contribution in [-0.2, 0) is 11.0 Å². The van der Waals surface area contributed by atoms with Gasteiger partial charge in [-0.15, -0.1) is 0 Å². The molecule has 2 rings (SSSR count). The molecule has 0 spiro atoms. The molecule has 1 aliphatic rings. The first-order valence-electron chi connectivity index (χ1n) is 9.16. The van der Waals surface area contributed by atoms with Gasteiger partial charge in [0.25, 0.3) is 0 Å². The van der Waals surface area contributed by atoms with Gasteiger partial charge in [0.15, 0.2) is 5.78 Å². The number of rotatable bonds is 7. The summed E-state index contributed by atoms with van der Waals surface area (Å²) in [7, 11) is 0. The van der Waals surface area contributed by atoms with Gasteiger partial charge in [-0.2, -0.15) is 13.2 Å². The fourth-order valence-electron chi connectivity index (χ4n) is 3.26. The Kier molecular flexibility index (Phi) is 8.85. The third-order valence-corrected chi connectivity index (χ3v) is 6.13. The van der Waals surface area contributed by atoms with E-state index >= 15 is 0 Å². The standard InChI is InChI=1S/C20H21Cl2F3INO2/c1-11(26)4-2-3-7-27-10-13-16(28)8-12(9-17(13)29)18-14(20(23,24)25)5-6-15(21)19(18)22/h5-6,10-12,28H,2-4,7-9H2,1H3. The summed E-state index contributed by atoms with van der Waals surface area (Å²) in [5, 5.41) is 10.0. The van der Waals surface area contributed by atoms with Crippen molar-refractivity contribution in [2.75, 3.05) is 6.54 Å². The number of allylic oxidation sites excluding steroid dienone is 2. The van der Waals surface area contributed by atoms with Crippen LogP contribution in [0, 0.1) is 0 Å². The predicted molar refractivity (Wildman–Crippen MR) is 119 cm³/mol. The molecule has 160 valence electrons. The van der Waals surface area contributed by atoms with E-state index in [-0.39, 0.29) is 39.8 Å². The van der Waals surface area contributed by atoms with Crippen molar-refractivity contribution in [2.24, 2.45) is 4.99 Å². The van der Waals surface area contributed by atoms with E-state index < -0.39 is 23.4 Å². The summed E-state index contributed by atoms with van der Waals surface area (Å²) in [6, 6.07) is 1.93. The first-order chi connectivity index (χ1) is 13.5. The number of aliphatic hydroxyl groups excluding tert-OH is 1. The maximum Gasteiger partial charge on any atom is 0.416 e. The van der Waals surface area contributed by atoms with E-state index in [1.54, 1.807) is 0 Å². The molecule has 1 N–H and O–H groups in total. The quantitative estimate of drug-likeness (QED) is 0.164. The fraction of sp³-hybridized carbons (Fsp3) is 0.500. The summed E-state index contributed by atoms with van der Waals surface area (Å²) in [5.74, 6) is -1.65. The van der Waals surface area contributed by atoms with Crippen molar-refractivity contribution in [3.8, 4) is 0 Å². The summed E-state index contributed by atoms with van der Waals surface area (Å²) < 4.78 is 40.8. The van der Waals surface area contributed by atoms with Gasteiger partial charge in [-0.3, -0.25) is 9.79 Å². The van der Waals surface area contributed by atoms with Crippen molar-refractivity contribution in [3.63, 3.8) is 0 Å². The molecule has 0 saturated heterocycles. The maximum absolute atomic E-state index is 13.4. The van der Waals surface area contributed by atoms with Crippen LogP contribution in [0.15, 0.2) is 28.5 Å². The molecule has 0 fully saturated rings. The van der Waals surface area contributed by atoms with Crippen LogP contribution in [0.3, 0.4) is 0 Å². The van der Waals surface area contributed by atoms with E-state index in [4.69, 9.17) is 23.2 Å². The molecule has 1 aromatic carbocycles. The van der Waals surface area contributed by atoms with Gasteiger partial charge in [0.05, 0.1) is 21.2 Å². The highest BCUT2D eigenvalue weighted by Gasteiger charge is 2.39. The fourth-order valence-corrected chi connectivity index (χ4v) is 4.18. The molecule has 9 heteroatoms. The first-order valence-corrected chi connectivity index (χ1v) is 11.2. The summed E-state index contributed by atoms with van der Waals surface area (Å²) in [5.41, 5.74) is -1.15. The zero-order valence-corrected chi connectivity index (χ0v) is 19.4. The minimum absolute atomic E-state index is 0.0289. The number of halogens is 6. The molecule has 0 heterocycles. The number of unbranched alkanes of at least 4 members (excludes halogenated alkanes) is 1. The van der Waals surface area contributed by atoms with Crippen LogP contribution in [0.4, 0.5) is 13.2 Å². The number of benzene rings is 1. The Morgan fingerprint density at radius 1 is 1.31 bits per heavy atom. The molecule has 2 atom stereocenters. The van der Waals surface area contributed by atoms with Crippen LogP contribution in [0.25, 0.3) is 0 Å². The zero-order valence-electron chi connectivity index (χ0n) is 15.7. The van der Waals surface area contributed by atoms with Crippen molar-refractivity contribution in [3.05, 3.63) is 44.6 Å². The van der Waals surface area contributed by atoms with Gasteiger partial charge in [-0.1, -0.05) is 59.1 Å². The summed E-state index contributed by atoms with van der Waals surface area (Å²) in [6.07, 6.45) is -0.720. The lowest BCUT2D eigenvalue weighted by molar-refractivity contribution is -0.138. The molecule has 0 aliphatic heterocycles. The average molecular weight is 562 g/mol. The second-order valence-electron chi connectivity index (χ2n) is 7.02. The van der Waals surface area contributed by atoms with Crippen LogP contribution in [-0.4, -0.2) is 27.6 Å². The van der Waals surface area contributed by atoms with Gasteiger partial charge >= 0.3 is 6.18 Å². The molecule has 3 nitrogen and oxygen atoms in total. The molecule has 1 aromatic rings. The van der Waals surface area contributed by atoms with Gasteiger partial charge in [-0.05, 0) is 30.5 Å². The van der Waals surface area contributed by atoms with Crippen molar-refractivity contribution in [1.29, 1.82) is 0 Å².